The average molecular weight is 518 g/mol. The molecule has 0 aliphatic carbocycles. The fourth-order valence-corrected chi connectivity index (χ4v) is 3.61. The van der Waals surface area contributed by atoms with Crippen LogP contribution in [0.3, 0.4) is 0 Å². The van der Waals surface area contributed by atoms with E-state index in [4.69, 9.17) is 10.5 Å². The smallest absolute Gasteiger partial charge is 0.245 e. The Morgan fingerprint density at radius 2 is 1.81 bits per heavy atom. The lowest BCUT2D eigenvalue weighted by molar-refractivity contribution is -0.124. The van der Waals surface area contributed by atoms with Crippen molar-refractivity contribution in [2.24, 2.45) is 0 Å². The van der Waals surface area contributed by atoms with E-state index in [0.29, 0.717) is 25.2 Å². The molecule has 2 aromatic carbocycles. The zero-order valence-corrected chi connectivity index (χ0v) is 19.3. The minimum atomic E-state index is -1.77. The lowest BCUT2D eigenvalue weighted by Gasteiger charge is -2.14. The zero-order valence-electron chi connectivity index (χ0n) is 19.3. The predicted octanol–water partition coefficient (Wildman–Crippen LogP) is 4.60. The van der Waals surface area contributed by atoms with Gasteiger partial charge in [0.1, 0.15) is 29.4 Å². The van der Waals surface area contributed by atoms with Crippen LogP contribution >= 0.6 is 0 Å². The Morgan fingerprint density at radius 3 is 2.46 bits per heavy atom. The first-order valence-corrected chi connectivity index (χ1v) is 10.8. The lowest BCUT2D eigenvalue weighted by atomic mass is 10.1. The molecule has 1 amide bonds. The monoisotopic (exact) mass is 518 g/mol. The molecule has 0 aliphatic rings. The number of rotatable bonds is 8. The van der Waals surface area contributed by atoms with Gasteiger partial charge in [0.2, 0.25) is 23.3 Å². The summed E-state index contributed by atoms with van der Waals surface area (Å²) in [6.07, 6.45) is 2.90. The van der Waals surface area contributed by atoms with Gasteiger partial charge in [0.25, 0.3) is 0 Å². The van der Waals surface area contributed by atoms with Gasteiger partial charge >= 0.3 is 0 Å². The summed E-state index contributed by atoms with van der Waals surface area (Å²) >= 11 is 0. The first-order valence-electron chi connectivity index (χ1n) is 10.8. The summed E-state index contributed by atoms with van der Waals surface area (Å²) in [5, 5.41) is 4.68. The second-order valence-corrected chi connectivity index (χ2v) is 7.89. The van der Waals surface area contributed by atoms with E-state index in [9.17, 15) is 22.4 Å². The molecule has 4 aromatic rings. The van der Waals surface area contributed by atoms with Crippen molar-refractivity contribution in [3.8, 4) is 22.8 Å². The van der Waals surface area contributed by atoms with E-state index >= 15 is 4.39 Å². The van der Waals surface area contributed by atoms with Crippen molar-refractivity contribution in [2.45, 2.75) is 13.0 Å². The number of aryl methyl sites for hydroxylation is 1. The van der Waals surface area contributed by atoms with Crippen molar-refractivity contribution in [1.82, 2.24) is 24.6 Å². The van der Waals surface area contributed by atoms with E-state index in [1.54, 1.807) is 7.05 Å². The van der Waals surface area contributed by atoms with Crippen LogP contribution in [0.5, 0.6) is 11.5 Å². The van der Waals surface area contributed by atoms with Crippen LogP contribution in [0.1, 0.15) is 6.42 Å². The molecule has 0 unspecified atom stereocenters. The third kappa shape index (κ3) is 4.92. The van der Waals surface area contributed by atoms with Crippen molar-refractivity contribution >= 4 is 22.8 Å². The highest BCUT2D eigenvalue weighted by Crippen LogP contribution is 2.36. The number of fused-ring (bicyclic) bond motifs is 1. The number of nitrogens with zero attached hydrogens (tertiary/aromatic N) is 5. The molecule has 2 aromatic heterocycles. The molecular weight excluding hydrogens is 499 g/mol. The highest BCUT2D eigenvalue weighted by Gasteiger charge is 2.23. The van der Waals surface area contributed by atoms with Gasteiger partial charge in [-0.1, -0.05) is 6.58 Å². The molecular formula is C24H19F5N6O2. The number of nitrogen functional groups attached to an aromatic ring is 1. The number of hydrogen-bond donors (Lipinski definition) is 1. The third-order valence-corrected chi connectivity index (χ3v) is 5.46. The summed E-state index contributed by atoms with van der Waals surface area (Å²) in [7, 11) is 1.62. The van der Waals surface area contributed by atoms with Crippen LogP contribution in [0, 0.1) is 29.1 Å². The molecule has 0 aliphatic heterocycles. The first kappa shape index (κ1) is 25.5. The number of nitrogens with two attached hydrogens (primary N) is 1. The topological polar surface area (TPSA) is 99.2 Å². The van der Waals surface area contributed by atoms with Crippen LogP contribution in [0.4, 0.5) is 27.8 Å². The largest absolute Gasteiger partial charge is 0.451 e. The fourth-order valence-electron chi connectivity index (χ4n) is 3.61. The van der Waals surface area contributed by atoms with E-state index in [-0.39, 0.29) is 34.4 Å². The molecule has 2 N–H and O–H groups in total. The zero-order chi connectivity index (χ0) is 26.9. The summed E-state index contributed by atoms with van der Waals surface area (Å²) in [5.41, 5.74) is 6.35. The van der Waals surface area contributed by atoms with Gasteiger partial charge in [-0.15, -0.1) is 0 Å². The molecule has 192 valence electrons. The van der Waals surface area contributed by atoms with Crippen LogP contribution in [0.15, 0.2) is 43.2 Å². The summed E-state index contributed by atoms with van der Waals surface area (Å²) < 4.78 is 76.4. The first-order chi connectivity index (χ1) is 17.6. The molecule has 0 spiro atoms. The van der Waals surface area contributed by atoms with Gasteiger partial charge in [0, 0.05) is 37.8 Å². The number of halogens is 5. The highest BCUT2D eigenvalue weighted by molar-refractivity contribution is 5.98. The molecule has 0 fully saturated rings. The standard InChI is InChI=1S/C24H19F5N6O2/c1-3-17(36)34(2)7-4-8-35-24-18(23(30)31-11-32-24)21(33-35)13-6-5-12(9-14(13)25)37-22-19(28)15(26)10-16(27)20(22)29/h3,5-6,9-11H,1,4,7-8H2,2H3,(H2,30,31,32). The molecule has 0 saturated carbocycles. The minimum Gasteiger partial charge on any atom is -0.451 e. The number of hydrogen-bond acceptors (Lipinski definition) is 6. The molecule has 13 heteroatoms. The SMILES string of the molecule is C=CC(=O)N(C)CCCn1nc(-c2ccc(Oc3c(F)c(F)cc(F)c3F)cc2F)c2c(N)ncnc21. The Balaban J connectivity index is 1.67. The molecule has 0 atom stereocenters. The number of amides is 1. The normalized spacial score (nSPS) is 11.1. The Labute approximate surface area is 206 Å². The summed E-state index contributed by atoms with van der Waals surface area (Å²) in [4.78, 5) is 21.3. The van der Waals surface area contributed by atoms with E-state index in [0.717, 1.165) is 12.1 Å². The summed E-state index contributed by atoms with van der Waals surface area (Å²) in [6, 6.07) is 3.15. The molecule has 2 heterocycles. The lowest BCUT2D eigenvalue weighted by Crippen LogP contribution is -2.26. The van der Waals surface area contributed by atoms with E-state index < -0.39 is 40.6 Å². The summed E-state index contributed by atoms with van der Waals surface area (Å²) in [5.74, 6) is -9.79. The van der Waals surface area contributed by atoms with Crippen molar-refractivity contribution in [2.75, 3.05) is 19.3 Å². The van der Waals surface area contributed by atoms with Gasteiger partial charge < -0.3 is 15.4 Å². The van der Waals surface area contributed by atoms with Crippen molar-refractivity contribution in [3.63, 3.8) is 0 Å². The average Bonchev–Trinajstić information content (AvgIpc) is 3.24. The number of anilines is 1. The molecule has 4 rings (SSSR count). The van der Waals surface area contributed by atoms with Gasteiger partial charge in [-0.05, 0) is 24.6 Å². The van der Waals surface area contributed by atoms with E-state index in [2.05, 4.69) is 21.6 Å². The van der Waals surface area contributed by atoms with Crippen molar-refractivity contribution in [1.29, 1.82) is 0 Å². The second kappa shape index (κ2) is 10.2. The summed E-state index contributed by atoms with van der Waals surface area (Å²) in [6.45, 7) is 4.12. The van der Waals surface area contributed by atoms with Gasteiger partial charge in [-0.25, -0.2) is 27.8 Å². The Morgan fingerprint density at radius 1 is 1.11 bits per heavy atom. The Bertz CT molecular complexity index is 1500. The third-order valence-electron chi connectivity index (χ3n) is 5.46. The molecule has 8 nitrogen and oxygen atoms in total. The van der Waals surface area contributed by atoms with Crippen LogP contribution in [-0.4, -0.2) is 44.1 Å². The second-order valence-electron chi connectivity index (χ2n) is 7.89. The Hall–Kier alpha value is -4.55. The minimum absolute atomic E-state index is 0.0318. The van der Waals surface area contributed by atoms with Crippen molar-refractivity contribution in [3.05, 3.63) is 72.3 Å². The van der Waals surface area contributed by atoms with Gasteiger partial charge in [0.05, 0.1) is 5.39 Å². The molecule has 0 saturated heterocycles. The number of ether oxygens (including phenoxy) is 1. The van der Waals surface area contributed by atoms with E-state index in [1.807, 2.05) is 0 Å². The van der Waals surface area contributed by atoms with Crippen molar-refractivity contribution < 1.29 is 31.5 Å². The fraction of sp³-hybridized carbons (Fsp3) is 0.167. The number of likely N-dealkylation sites (N-methyl/N-ethyl adjacent to an activating group) is 1. The van der Waals surface area contributed by atoms with Crippen LogP contribution in [0.25, 0.3) is 22.3 Å². The number of aromatic nitrogens is 4. The molecule has 37 heavy (non-hydrogen) atoms. The maximum atomic E-state index is 15.2. The van der Waals surface area contributed by atoms with Gasteiger partial charge in [0.15, 0.2) is 17.3 Å². The number of benzene rings is 2. The van der Waals surface area contributed by atoms with E-state index in [1.165, 1.54) is 28.1 Å². The van der Waals surface area contributed by atoms with Gasteiger partial charge in [-0.2, -0.15) is 13.9 Å². The molecule has 0 radical (unpaired) electrons. The Kier molecular flexibility index (Phi) is 7.05. The van der Waals surface area contributed by atoms with Gasteiger partial charge in [-0.3, -0.25) is 4.79 Å². The maximum absolute atomic E-state index is 15.2. The quantitative estimate of drug-likeness (QED) is 0.208. The predicted molar refractivity (Wildman–Crippen MR) is 124 cm³/mol. The molecule has 0 bridgehead atoms. The number of carbonyl (C=O) groups excluding carboxylic acids is 1. The van der Waals surface area contributed by atoms with Crippen LogP contribution in [-0.2, 0) is 11.3 Å². The van der Waals surface area contributed by atoms with Crippen LogP contribution < -0.4 is 10.5 Å². The highest BCUT2D eigenvalue weighted by atomic mass is 19.2. The maximum Gasteiger partial charge on any atom is 0.245 e. The number of carbonyl (C=O) groups is 1. The van der Waals surface area contributed by atoms with Crippen LogP contribution in [0.2, 0.25) is 0 Å².